The normalized spacial score (nSPS) is 11.9. The van der Waals surface area contributed by atoms with Gasteiger partial charge in [-0.05, 0) is 36.4 Å². The monoisotopic (exact) mass is 400 g/mol. The predicted octanol–water partition coefficient (Wildman–Crippen LogP) is 5.36. The third kappa shape index (κ3) is 3.52. The van der Waals surface area contributed by atoms with Crippen LogP contribution in [0.15, 0.2) is 72.9 Å². The molecule has 1 aliphatic rings. The third-order valence-electron chi connectivity index (χ3n) is 4.77. The molecule has 142 valence electrons. The van der Waals surface area contributed by atoms with E-state index in [1.165, 1.54) is 0 Å². The van der Waals surface area contributed by atoms with Crippen molar-refractivity contribution in [2.24, 2.45) is 0 Å². The van der Waals surface area contributed by atoms with Gasteiger partial charge in [-0.15, -0.1) is 0 Å². The largest absolute Gasteiger partial charge is 0.488 e. The summed E-state index contributed by atoms with van der Waals surface area (Å²) in [7, 11) is 0. The summed E-state index contributed by atoms with van der Waals surface area (Å²) in [5.74, 6) is 1.37. The van der Waals surface area contributed by atoms with E-state index in [4.69, 9.17) is 26.3 Å². The molecule has 0 aliphatic carbocycles. The van der Waals surface area contributed by atoms with E-state index in [0.717, 1.165) is 39.5 Å². The molecule has 3 heterocycles. The molecule has 0 saturated heterocycles. The first-order valence-electron chi connectivity index (χ1n) is 9.31. The molecular weight excluding hydrogens is 384 g/mol. The number of ether oxygens (including phenoxy) is 1. The number of nitrogens with zero attached hydrogens (tertiary/aromatic N) is 3. The molecule has 4 aromatic rings. The Labute approximate surface area is 173 Å². The number of fused-ring (bicyclic) bond motifs is 3. The second-order valence-corrected chi connectivity index (χ2v) is 7.13. The number of nitrogens with one attached hydrogen (secondary N) is 1. The van der Waals surface area contributed by atoms with Crippen molar-refractivity contribution in [3.63, 3.8) is 0 Å². The van der Waals surface area contributed by atoms with E-state index < -0.39 is 0 Å². The fourth-order valence-electron chi connectivity index (χ4n) is 3.41. The van der Waals surface area contributed by atoms with Crippen molar-refractivity contribution >= 4 is 17.5 Å². The predicted molar refractivity (Wildman–Crippen MR) is 114 cm³/mol. The number of halogens is 1. The number of anilines is 1. The van der Waals surface area contributed by atoms with Crippen LogP contribution in [-0.4, -0.2) is 15.0 Å². The van der Waals surface area contributed by atoms with Gasteiger partial charge in [0.1, 0.15) is 12.4 Å². The maximum absolute atomic E-state index is 6.24. The quantitative estimate of drug-likeness (QED) is 0.499. The Kier molecular flexibility index (Phi) is 4.58. The number of rotatable bonds is 4. The smallest absolute Gasteiger partial charge is 0.224 e. The lowest BCUT2D eigenvalue weighted by Gasteiger charge is -2.23. The van der Waals surface area contributed by atoms with Crippen molar-refractivity contribution in [1.82, 2.24) is 15.0 Å². The molecule has 5 rings (SSSR count). The van der Waals surface area contributed by atoms with E-state index in [-0.39, 0.29) is 0 Å². The summed E-state index contributed by atoms with van der Waals surface area (Å²) in [6.45, 7) is 0.946. The van der Waals surface area contributed by atoms with Gasteiger partial charge in [0.25, 0.3) is 0 Å². The topological polar surface area (TPSA) is 59.9 Å². The summed E-state index contributed by atoms with van der Waals surface area (Å²) in [4.78, 5) is 14.0. The zero-order valence-electron chi connectivity index (χ0n) is 15.5. The van der Waals surface area contributed by atoms with Gasteiger partial charge < -0.3 is 10.1 Å². The van der Waals surface area contributed by atoms with Crippen LogP contribution in [0.3, 0.4) is 0 Å². The first-order chi connectivity index (χ1) is 14.3. The highest BCUT2D eigenvalue weighted by molar-refractivity contribution is 6.30. The van der Waals surface area contributed by atoms with Crippen molar-refractivity contribution in [3.8, 4) is 28.3 Å². The lowest BCUT2D eigenvalue weighted by Crippen LogP contribution is -2.13. The Morgan fingerprint density at radius 1 is 0.931 bits per heavy atom. The van der Waals surface area contributed by atoms with Gasteiger partial charge in [-0.3, -0.25) is 4.98 Å². The second-order valence-electron chi connectivity index (χ2n) is 6.69. The second kappa shape index (κ2) is 7.53. The highest BCUT2D eigenvalue weighted by Gasteiger charge is 2.24. The van der Waals surface area contributed by atoms with Crippen LogP contribution in [-0.2, 0) is 13.2 Å². The number of hydrogen-bond donors (Lipinski definition) is 1. The zero-order chi connectivity index (χ0) is 19.6. The first-order valence-corrected chi connectivity index (χ1v) is 9.68. The van der Waals surface area contributed by atoms with Crippen LogP contribution in [0.1, 0.15) is 11.3 Å². The Morgan fingerprint density at radius 3 is 2.66 bits per heavy atom. The van der Waals surface area contributed by atoms with Gasteiger partial charge in [0.2, 0.25) is 5.95 Å². The molecule has 0 amide bonds. The lowest BCUT2D eigenvalue weighted by atomic mass is 9.98. The Bertz CT molecular complexity index is 1180. The number of benzene rings is 2. The summed E-state index contributed by atoms with van der Waals surface area (Å²) in [5, 5.41) is 3.97. The average molecular weight is 401 g/mol. The molecule has 0 saturated carbocycles. The van der Waals surface area contributed by atoms with Crippen LogP contribution >= 0.6 is 11.6 Å². The molecule has 0 fully saturated rings. The number of para-hydroxylation sites is 1. The SMILES string of the molecule is Clc1cccc(-c2nc(NCc3ccccn3)nc3c2COc2ccccc2-3)c1. The highest BCUT2D eigenvalue weighted by Crippen LogP contribution is 2.40. The van der Waals surface area contributed by atoms with Gasteiger partial charge in [0.05, 0.1) is 23.6 Å². The van der Waals surface area contributed by atoms with Crippen LogP contribution in [0, 0.1) is 0 Å². The van der Waals surface area contributed by atoms with Crippen molar-refractivity contribution < 1.29 is 4.74 Å². The van der Waals surface area contributed by atoms with Gasteiger partial charge in [0.15, 0.2) is 0 Å². The zero-order valence-corrected chi connectivity index (χ0v) is 16.2. The van der Waals surface area contributed by atoms with Crippen molar-refractivity contribution in [1.29, 1.82) is 0 Å². The number of aromatic nitrogens is 3. The van der Waals surface area contributed by atoms with Crippen LogP contribution in [0.2, 0.25) is 5.02 Å². The van der Waals surface area contributed by atoms with E-state index in [1.54, 1.807) is 6.20 Å². The molecule has 1 aliphatic heterocycles. The molecule has 29 heavy (non-hydrogen) atoms. The van der Waals surface area contributed by atoms with Gasteiger partial charge in [-0.1, -0.05) is 41.9 Å². The minimum absolute atomic E-state index is 0.411. The van der Waals surface area contributed by atoms with E-state index in [9.17, 15) is 0 Å². The molecule has 0 unspecified atom stereocenters. The molecule has 1 N–H and O–H groups in total. The Balaban J connectivity index is 1.62. The molecule has 0 bridgehead atoms. The molecule has 2 aromatic heterocycles. The number of pyridine rings is 1. The van der Waals surface area contributed by atoms with E-state index >= 15 is 0 Å². The summed E-state index contributed by atoms with van der Waals surface area (Å²) >= 11 is 6.24. The molecule has 6 heteroatoms. The third-order valence-corrected chi connectivity index (χ3v) is 5.01. The van der Waals surface area contributed by atoms with Crippen LogP contribution in [0.25, 0.3) is 22.5 Å². The Morgan fingerprint density at radius 2 is 1.79 bits per heavy atom. The first kappa shape index (κ1) is 17.6. The maximum Gasteiger partial charge on any atom is 0.224 e. The lowest BCUT2D eigenvalue weighted by molar-refractivity contribution is 0.301. The van der Waals surface area contributed by atoms with Gasteiger partial charge >= 0.3 is 0 Å². The van der Waals surface area contributed by atoms with Gasteiger partial charge in [-0.25, -0.2) is 9.97 Å². The Hall–Kier alpha value is -3.44. The number of hydrogen-bond acceptors (Lipinski definition) is 5. The van der Waals surface area contributed by atoms with E-state index in [0.29, 0.717) is 24.1 Å². The van der Waals surface area contributed by atoms with Gasteiger partial charge in [-0.2, -0.15) is 0 Å². The van der Waals surface area contributed by atoms with Crippen molar-refractivity contribution in [3.05, 3.63) is 89.2 Å². The fourth-order valence-corrected chi connectivity index (χ4v) is 3.60. The minimum atomic E-state index is 0.411. The van der Waals surface area contributed by atoms with Crippen LogP contribution in [0.4, 0.5) is 5.95 Å². The molecular formula is C23H17ClN4O. The standard InChI is InChI=1S/C23H17ClN4O/c24-16-7-5-6-15(12-16)21-19-14-29-20-10-2-1-9-18(20)22(19)28-23(27-21)26-13-17-8-3-4-11-25-17/h1-12H,13-14H2,(H,26,27,28). The molecule has 0 spiro atoms. The minimum Gasteiger partial charge on any atom is -0.488 e. The summed E-state index contributed by atoms with van der Waals surface area (Å²) < 4.78 is 5.97. The fraction of sp³-hybridized carbons (Fsp3) is 0.0870. The summed E-state index contributed by atoms with van der Waals surface area (Å²) in [6.07, 6.45) is 1.77. The molecule has 2 aromatic carbocycles. The van der Waals surface area contributed by atoms with Crippen LogP contribution < -0.4 is 10.1 Å². The van der Waals surface area contributed by atoms with Crippen LogP contribution in [0.5, 0.6) is 5.75 Å². The summed E-state index contributed by atoms with van der Waals surface area (Å²) in [6, 6.07) is 21.4. The maximum atomic E-state index is 6.24. The van der Waals surface area contributed by atoms with Crippen molar-refractivity contribution in [2.45, 2.75) is 13.2 Å². The highest BCUT2D eigenvalue weighted by atomic mass is 35.5. The van der Waals surface area contributed by atoms with E-state index in [1.807, 2.05) is 66.7 Å². The molecule has 5 nitrogen and oxygen atoms in total. The molecule has 0 radical (unpaired) electrons. The molecule has 0 atom stereocenters. The van der Waals surface area contributed by atoms with Gasteiger partial charge in [0, 0.05) is 27.9 Å². The summed E-state index contributed by atoms with van der Waals surface area (Å²) in [5.41, 5.74) is 5.45. The average Bonchev–Trinajstić information content (AvgIpc) is 2.78. The van der Waals surface area contributed by atoms with Crippen molar-refractivity contribution in [2.75, 3.05) is 5.32 Å². The van der Waals surface area contributed by atoms with E-state index in [2.05, 4.69) is 10.3 Å².